The number of amides is 2. The Bertz CT molecular complexity index is 167. The van der Waals surface area contributed by atoms with Crippen LogP contribution in [0.4, 0.5) is 4.79 Å². The summed E-state index contributed by atoms with van der Waals surface area (Å²) in [5.74, 6) is -0.227. The average Bonchev–Trinajstić information content (AvgIpc) is 1.87. The molecule has 1 N–H and O–H groups in total. The van der Waals surface area contributed by atoms with Crippen LogP contribution in [-0.4, -0.2) is 54.6 Å². The Morgan fingerprint density at radius 3 is 2.00 bits per heavy atom. The van der Waals surface area contributed by atoms with Gasteiger partial charge in [-0.15, -0.1) is 0 Å². The molecule has 0 aliphatic heterocycles. The van der Waals surface area contributed by atoms with E-state index in [-0.39, 0.29) is 12.5 Å². The van der Waals surface area contributed by atoms with Crippen LogP contribution in [0.15, 0.2) is 0 Å². The molecule has 0 atom stereocenters. The molecule has 0 saturated heterocycles. The van der Waals surface area contributed by atoms with Crippen LogP contribution >= 0.6 is 0 Å². The van der Waals surface area contributed by atoms with Gasteiger partial charge >= 0.3 is 6.09 Å². The molecule has 0 spiro atoms. The van der Waals surface area contributed by atoms with E-state index in [1.165, 1.54) is 11.9 Å². The summed E-state index contributed by atoms with van der Waals surface area (Å²) in [7, 11) is 4.51. The lowest BCUT2D eigenvalue weighted by Gasteiger charge is -2.15. The van der Waals surface area contributed by atoms with Gasteiger partial charge in [-0.2, -0.15) is 0 Å². The lowest BCUT2D eigenvalue weighted by molar-refractivity contribution is -0.129. The van der Waals surface area contributed by atoms with E-state index in [0.717, 1.165) is 4.90 Å². The summed E-state index contributed by atoms with van der Waals surface area (Å²) in [5, 5.41) is 8.37. The Morgan fingerprint density at radius 2 is 1.73 bits per heavy atom. The summed E-state index contributed by atoms with van der Waals surface area (Å²) < 4.78 is 0. The van der Waals surface area contributed by atoms with Crippen molar-refractivity contribution in [2.24, 2.45) is 0 Å². The standard InChI is InChI=1S/C6H12N2O3/c1-7(2)5(9)4-8(3)6(10)11/h4H2,1-3H3,(H,10,11). The molecule has 0 aliphatic carbocycles. The zero-order chi connectivity index (χ0) is 9.02. The van der Waals surface area contributed by atoms with Crippen molar-refractivity contribution >= 4 is 12.0 Å². The lowest BCUT2D eigenvalue weighted by atomic mass is 10.5. The molecule has 0 aromatic carbocycles. The monoisotopic (exact) mass is 160 g/mol. The van der Waals surface area contributed by atoms with Crippen LogP contribution in [0.1, 0.15) is 0 Å². The van der Waals surface area contributed by atoms with Crippen molar-refractivity contribution in [2.75, 3.05) is 27.7 Å². The normalized spacial score (nSPS) is 9.00. The molecule has 0 fully saturated rings. The number of likely N-dealkylation sites (N-methyl/N-ethyl adjacent to an activating group) is 2. The van der Waals surface area contributed by atoms with Crippen molar-refractivity contribution in [1.82, 2.24) is 9.80 Å². The first kappa shape index (κ1) is 9.74. The summed E-state index contributed by atoms with van der Waals surface area (Å²) in [6.07, 6.45) is -1.10. The predicted octanol–water partition coefficient (Wildman–Crippen LogP) is -0.316. The highest BCUT2D eigenvalue weighted by Gasteiger charge is 2.11. The van der Waals surface area contributed by atoms with Crippen molar-refractivity contribution < 1.29 is 14.7 Å². The molecule has 0 aromatic heterocycles. The topological polar surface area (TPSA) is 60.9 Å². The molecular formula is C6H12N2O3. The van der Waals surface area contributed by atoms with E-state index in [1.54, 1.807) is 14.1 Å². The van der Waals surface area contributed by atoms with Crippen molar-refractivity contribution in [1.29, 1.82) is 0 Å². The molecule has 64 valence electrons. The van der Waals surface area contributed by atoms with E-state index >= 15 is 0 Å². The highest BCUT2D eigenvalue weighted by atomic mass is 16.4. The summed E-state index contributed by atoms with van der Waals surface area (Å²) in [4.78, 5) is 23.4. The van der Waals surface area contributed by atoms with Gasteiger partial charge in [-0.1, -0.05) is 0 Å². The Kier molecular flexibility index (Phi) is 3.36. The molecule has 0 aliphatic rings. The molecule has 0 rings (SSSR count). The molecule has 0 saturated carbocycles. The molecule has 0 bridgehead atoms. The summed E-state index contributed by atoms with van der Waals surface area (Å²) in [6.45, 7) is -0.0949. The van der Waals surface area contributed by atoms with E-state index in [0.29, 0.717) is 0 Å². The maximum absolute atomic E-state index is 10.9. The van der Waals surface area contributed by atoms with Gasteiger partial charge in [0, 0.05) is 21.1 Å². The highest BCUT2D eigenvalue weighted by molar-refractivity contribution is 5.81. The molecule has 0 radical (unpaired) electrons. The van der Waals surface area contributed by atoms with Gasteiger partial charge in [-0.05, 0) is 0 Å². The van der Waals surface area contributed by atoms with E-state index in [4.69, 9.17) is 5.11 Å². The first-order chi connectivity index (χ1) is 4.95. The zero-order valence-electron chi connectivity index (χ0n) is 6.87. The van der Waals surface area contributed by atoms with Crippen LogP contribution in [0.3, 0.4) is 0 Å². The molecule has 0 unspecified atom stereocenters. The quantitative estimate of drug-likeness (QED) is 0.602. The molecule has 5 heteroatoms. The highest BCUT2D eigenvalue weighted by Crippen LogP contribution is 1.86. The lowest BCUT2D eigenvalue weighted by Crippen LogP contribution is -2.36. The minimum absolute atomic E-state index is 0.0949. The Morgan fingerprint density at radius 1 is 1.27 bits per heavy atom. The summed E-state index contributed by atoms with van der Waals surface area (Å²) in [5.41, 5.74) is 0. The van der Waals surface area contributed by atoms with Crippen LogP contribution in [-0.2, 0) is 4.79 Å². The number of carbonyl (C=O) groups excluding carboxylic acids is 1. The summed E-state index contributed by atoms with van der Waals surface area (Å²) in [6, 6.07) is 0. The minimum Gasteiger partial charge on any atom is -0.465 e. The largest absolute Gasteiger partial charge is 0.465 e. The third kappa shape index (κ3) is 3.44. The molecule has 11 heavy (non-hydrogen) atoms. The first-order valence-corrected chi connectivity index (χ1v) is 3.09. The Balaban J connectivity index is 3.85. The predicted molar refractivity (Wildman–Crippen MR) is 39.3 cm³/mol. The maximum Gasteiger partial charge on any atom is 0.407 e. The van der Waals surface area contributed by atoms with Gasteiger partial charge in [-0.3, -0.25) is 4.79 Å². The average molecular weight is 160 g/mol. The first-order valence-electron chi connectivity index (χ1n) is 3.09. The zero-order valence-corrected chi connectivity index (χ0v) is 6.87. The van der Waals surface area contributed by atoms with Gasteiger partial charge < -0.3 is 14.9 Å². The second-order valence-electron chi connectivity index (χ2n) is 2.43. The second-order valence-corrected chi connectivity index (χ2v) is 2.43. The van der Waals surface area contributed by atoms with Gasteiger partial charge in [0.1, 0.15) is 6.54 Å². The van der Waals surface area contributed by atoms with Crippen LogP contribution in [0.5, 0.6) is 0 Å². The second kappa shape index (κ2) is 3.80. The Labute approximate surface area is 65.2 Å². The van der Waals surface area contributed by atoms with Gasteiger partial charge in [0.2, 0.25) is 5.91 Å². The number of hydrogen-bond donors (Lipinski definition) is 1. The van der Waals surface area contributed by atoms with Gasteiger partial charge in [0.25, 0.3) is 0 Å². The van der Waals surface area contributed by atoms with Crippen LogP contribution in [0.2, 0.25) is 0 Å². The van der Waals surface area contributed by atoms with Gasteiger partial charge in [-0.25, -0.2) is 4.79 Å². The van der Waals surface area contributed by atoms with E-state index in [9.17, 15) is 9.59 Å². The fraction of sp³-hybridized carbons (Fsp3) is 0.667. The maximum atomic E-state index is 10.9. The molecule has 0 heterocycles. The SMILES string of the molecule is CN(C)C(=O)CN(C)C(=O)O. The third-order valence-corrected chi connectivity index (χ3v) is 1.20. The van der Waals surface area contributed by atoms with Crippen molar-refractivity contribution in [3.63, 3.8) is 0 Å². The van der Waals surface area contributed by atoms with Gasteiger partial charge in [0.05, 0.1) is 0 Å². The minimum atomic E-state index is -1.10. The fourth-order valence-electron chi connectivity index (χ4n) is 0.412. The molecule has 2 amide bonds. The van der Waals surface area contributed by atoms with E-state index < -0.39 is 6.09 Å². The summed E-state index contributed by atoms with van der Waals surface area (Å²) >= 11 is 0. The number of hydrogen-bond acceptors (Lipinski definition) is 2. The number of rotatable bonds is 2. The fourth-order valence-corrected chi connectivity index (χ4v) is 0.412. The van der Waals surface area contributed by atoms with Crippen molar-refractivity contribution in [3.05, 3.63) is 0 Å². The van der Waals surface area contributed by atoms with E-state index in [1.807, 2.05) is 0 Å². The van der Waals surface area contributed by atoms with Gasteiger partial charge in [0.15, 0.2) is 0 Å². The van der Waals surface area contributed by atoms with Crippen LogP contribution in [0, 0.1) is 0 Å². The smallest absolute Gasteiger partial charge is 0.407 e. The van der Waals surface area contributed by atoms with Crippen LogP contribution in [0.25, 0.3) is 0 Å². The number of carbonyl (C=O) groups is 2. The van der Waals surface area contributed by atoms with Crippen molar-refractivity contribution in [2.45, 2.75) is 0 Å². The van der Waals surface area contributed by atoms with Crippen LogP contribution < -0.4 is 0 Å². The number of nitrogens with zero attached hydrogens (tertiary/aromatic N) is 2. The molecular weight excluding hydrogens is 148 g/mol. The van der Waals surface area contributed by atoms with E-state index in [2.05, 4.69) is 0 Å². The van der Waals surface area contributed by atoms with Crippen molar-refractivity contribution in [3.8, 4) is 0 Å². The number of carboxylic acid groups (broad SMARTS) is 1. The third-order valence-electron chi connectivity index (χ3n) is 1.20. The Hall–Kier alpha value is -1.26. The molecule has 5 nitrogen and oxygen atoms in total. The molecule has 0 aromatic rings.